The van der Waals surface area contributed by atoms with E-state index in [1.54, 1.807) is 0 Å². The molecule has 0 heterocycles. The zero-order valence-corrected chi connectivity index (χ0v) is 16.8. The maximum Gasteiger partial charge on any atom is 0.308 e. The highest BCUT2D eigenvalue weighted by molar-refractivity contribution is 5.72. The molecule has 4 saturated carbocycles. The maximum absolute atomic E-state index is 12.2. The second-order valence-electron chi connectivity index (χ2n) is 9.54. The summed E-state index contributed by atoms with van der Waals surface area (Å²) in [5.41, 5.74) is 1.36. The third kappa shape index (κ3) is 4.25. The third-order valence-corrected chi connectivity index (χ3v) is 8.19. The van der Waals surface area contributed by atoms with Crippen LogP contribution in [0, 0.1) is 22.7 Å². The number of esters is 1. The molecule has 25 heavy (non-hydrogen) atoms. The quantitative estimate of drug-likeness (QED) is 0.362. The zero-order valence-electron chi connectivity index (χ0n) is 16.8. The Balaban J connectivity index is 1.47. The Morgan fingerprint density at radius 3 is 2.04 bits per heavy atom. The number of fused-ring (bicyclic) bond motifs is 3. The molecule has 0 aromatic heterocycles. The van der Waals surface area contributed by atoms with Crippen LogP contribution in [0.5, 0.6) is 0 Å². The molecule has 4 aliphatic carbocycles. The van der Waals surface area contributed by atoms with Crippen LogP contribution in [0.1, 0.15) is 110 Å². The summed E-state index contributed by atoms with van der Waals surface area (Å²) in [4.78, 5) is 12.2. The molecule has 0 amide bonds. The number of rotatable bonds is 8. The summed E-state index contributed by atoms with van der Waals surface area (Å²) in [7, 11) is 0. The van der Waals surface area contributed by atoms with Crippen molar-refractivity contribution in [3.05, 3.63) is 0 Å². The molecule has 0 radical (unpaired) electrons. The van der Waals surface area contributed by atoms with Gasteiger partial charge in [0.15, 0.2) is 0 Å². The molecule has 0 N–H and O–H groups in total. The van der Waals surface area contributed by atoms with Crippen molar-refractivity contribution in [3.8, 4) is 0 Å². The fourth-order valence-electron chi connectivity index (χ4n) is 6.21. The summed E-state index contributed by atoms with van der Waals surface area (Å²) < 4.78 is 5.47. The molecule has 144 valence electrons. The van der Waals surface area contributed by atoms with Gasteiger partial charge >= 0.3 is 5.97 Å². The molecule has 4 rings (SSSR count). The molecule has 0 saturated heterocycles. The number of hydrogen-bond donors (Lipinski definition) is 0. The number of hydrogen-bond acceptors (Lipinski definition) is 2. The van der Waals surface area contributed by atoms with Gasteiger partial charge in [-0.05, 0) is 93.8 Å². The number of unbranched alkanes of at least 4 members (excludes halogenated alkanes) is 2. The highest BCUT2D eigenvalue weighted by Crippen LogP contribution is 2.63. The first-order chi connectivity index (χ1) is 12.1. The summed E-state index contributed by atoms with van der Waals surface area (Å²) >= 11 is 0. The summed E-state index contributed by atoms with van der Waals surface area (Å²) in [5, 5.41) is 0. The molecule has 0 atom stereocenters. The molecule has 0 unspecified atom stereocenters. The van der Waals surface area contributed by atoms with E-state index >= 15 is 0 Å². The van der Waals surface area contributed by atoms with Gasteiger partial charge in [-0.2, -0.15) is 0 Å². The van der Waals surface area contributed by atoms with Crippen LogP contribution in [-0.2, 0) is 9.53 Å². The van der Waals surface area contributed by atoms with Crippen LogP contribution >= 0.6 is 0 Å². The first-order valence-corrected chi connectivity index (χ1v) is 11.3. The van der Waals surface area contributed by atoms with E-state index in [4.69, 9.17) is 4.74 Å². The Morgan fingerprint density at radius 2 is 1.48 bits per heavy atom. The van der Waals surface area contributed by atoms with Crippen LogP contribution < -0.4 is 0 Å². The summed E-state index contributed by atoms with van der Waals surface area (Å²) in [6.45, 7) is 5.10. The normalized spacial score (nSPS) is 37.8. The second-order valence-corrected chi connectivity index (χ2v) is 9.54. The molecular weight excluding hydrogens is 308 g/mol. The number of carbonyl (C=O) groups is 1. The van der Waals surface area contributed by atoms with E-state index in [-0.39, 0.29) is 11.9 Å². The van der Waals surface area contributed by atoms with Gasteiger partial charge in [0.2, 0.25) is 0 Å². The van der Waals surface area contributed by atoms with Crippen molar-refractivity contribution in [2.45, 2.75) is 110 Å². The van der Waals surface area contributed by atoms with Crippen LogP contribution in [-0.4, -0.2) is 12.6 Å². The maximum atomic E-state index is 12.2. The Bertz CT molecular complexity index is 409. The van der Waals surface area contributed by atoms with Crippen molar-refractivity contribution in [2.24, 2.45) is 22.7 Å². The zero-order chi connectivity index (χ0) is 17.8. The Morgan fingerprint density at radius 1 is 0.880 bits per heavy atom. The van der Waals surface area contributed by atoms with Crippen LogP contribution in [0.15, 0.2) is 0 Å². The van der Waals surface area contributed by atoms with E-state index < -0.39 is 0 Å². The summed E-state index contributed by atoms with van der Waals surface area (Å²) in [6.07, 6.45) is 20.0. The lowest BCUT2D eigenvalue weighted by Crippen LogP contribution is -2.46. The van der Waals surface area contributed by atoms with Crippen molar-refractivity contribution in [1.29, 1.82) is 0 Å². The van der Waals surface area contributed by atoms with Crippen LogP contribution in [0.4, 0.5) is 0 Å². The van der Waals surface area contributed by atoms with Crippen LogP contribution in [0.25, 0.3) is 0 Å². The molecule has 0 aromatic rings. The van der Waals surface area contributed by atoms with Crippen molar-refractivity contribution in [1.82, 2.24) is 0 Å². The van der Waals surface area contributed by atoms with Crippen molar-refractivity contribution in [3.63, 3.8) is 0 Å². The molecule has 0 spiro atoms. The van der Waals surface area contributed by atoms with Gasteiger partial charge < -0.3 is 4.74 Å². The van der Waals surface area contributed by atoms with Gasteiger partial charge in [0.05, 0.1) is 12.5 Å². The molecule has 4 aliphatic rings. The van der Waals surface area contributed by atoms with E-state index in [0.717, 1.165) is 37.0 Å². The standard InChI is InChI=1S/C23H40O2/c1-3-5-11-22-12-15-23(16-13-22,17-14-22)20-9-7-19(8-10-20)21(24)25-18-6-4-2/h19-20H,3-18H2,1-2H3/t19-,20-,22?,23?. The summed E-state index contributed by atoms with van der Waals surface area (Å²) in [5.74, 6) is 1.17. The van der Waals surface area contributed by atoms with Crippen LogP contribution in [0.3, 0.4) is 0 Å². The monoisotopic (exact) mass is 348 g/mol. The Kier molecular flexibility index (Phi) is 6.49. The predicted octanol–water partition coefficient (Wildman–Crippen LogP) is 6.67. The largest absolute Gasteiger partial charge is 0.465 e. The third-order valence-electron chi connectivity index (χ3n) is 8.19. The number of carbonyl (C=O) groups excluding carboxylic acids is 1. The van der Waals surface area contributed by atoms with Gasteiger partial charge in [-0.15, -0.1) is 0 Å². The minimum atomic E-state index is 0.0928. The smallest absolute Gasteiger partial charge is 0.308 e. The minimum absolute atomic E-state index is 0.0928. The first kappa shape index (κ1) is 19.2. The molecule has 2 heteroatoms. The van der Waals surface area contributed by atoms with Crippen molar-refractivity contribution < 1.29 is 9.53 Å². The lowest BCUT2D eigenvalue weighted by atomic mass is 9.47. The fourth-order valence-corrected chi connectivity index (χ4v) is 6.21. The highest BCUT2D eigenvalue weighted by atomic mass is 16.5. The van der Waals surface area contributed by atoms with Gasteiger partial charge in [0.25, 0.3) is 0 Å². The topological polar surface area (TPSA) is 26.3 Å². The van der Waals surface area contributed by atoms with Gasteiger partial charge in [0, 0.05) is 0 Å². The molecule has 0 aromatic carbocycles. The first-order valence-electron chi connectivity index (χ1n) is 11.3. The lowest BCUT2D eigenvalue weighted by molar-refractivity contribution is -0.151. The van der Waals surface area contributed by atoms with E-state index in [1.807, 2.05) is 0 Å². The minimum Gasteiger partial charge on any atom is -0.465 e. The SMILES string of the molecule is CCCCOC(=O)[C@H]1CC[C@H](C23CCC(CCCC)(CC2)CC3)CC1. The highest BCUT2D eigenvalue weighted by Gasteiger charge is 2.51. The Labute approximate surface area is 155 Å². The molecule has 2 bridgehead atoms. The molecular formula is C23H40O2. The summed E-state index contributed by atoms with van der Waals surface area (Å²) in [6, 6.07) is 0. The van der Waals surface area contributed by atoms with Gasteiger partial charge in [0.1, 0.15) is 0 Å². The average molecular weight is 349 g/mol. The van der Waals surface area contributed by atoms with E-state index in [1.165, 1.54) is 70.6 Å². The van der Waals surface area contributed by atoms with Crippen molar-refractivity contribution in [2.75, 3.05) is 6.61 Å². The number of ether oxygens (including phenoxy) is 1. The van der Waals surface area contributed by atoms with Crippen LogP contribution in [0.2, 0.25) is 0 Å². The lowest BCUT2D eigenvalue weighted by Gasteiger charge is -2.58. The fraction of sp³-hybridized carbons (Fsp3) is 0.957. The van der Waals surface area contributed by atoms with Gasteiger partial charge in [-0.1, -0.05) is 33.1 Å². The molecule has 4 fully saturated rings. The molecule has 2 nitrogen and oxygen atoms in total. The van der Waals surface area contributed by atoms with E-state index in [0.29, 0.717) is 12.0 Å². The van der Waals surface area contributed by atoms with Gasteiger partial charge in [-0.25, -0.2) is 0 Å². The van der Waals surface area contributed by atoms with Crippen molar-refractivity contribution >= 4 is 5.97 Å². The predicted molar refractivity (Wildman–Crippen MR) is 103 cm³/mol. The Hall–Kier alpha value is -0.530. The van der Waals surface area contributed by atoms with E-state index in [9.17, 15) is 4.79 Å². The van der Waals surface area contributed by atoms with E-state index in [2.05, 4.69) is 13.8 Å². The second kappa shape index (κ2) is 8.44. The molecule has 0 aliphatic heterocycles. The van der Waals surface area contributed by atoms with Gasteiger partial charge in [-0.3, -0.25) is 4.79 Å². The average Bonchev–Trinajstić information content (AvgIpc) is 2.68.